The number of rotatable bonds is 2. The summed E-state index contributed by atoms with van der Waals surface area (Å²) < 4.78 is 0. The van der Waals surface area contributed by atoms with Crippen molar-refractivity contribution in [3.8, 4) is 11.8 Å². The molecule has 0 bridgehead atoms. The average Bonchev–Trinajstić information content (AvgIpc) is 2.38. The van der Waals surface area contributed by atoms with Gasteiger partial charge in [-0.3, -0.25) is 0 Å². The number of anilines is 1. The molecule has 2 N–H and O–H groups in total. The van der Waals surface area contributed by atoms with Gasteiger partial charge in [0.05, 0.1) is 0 Å². The summed E-state index contributed by atoms with van der Waals surface area (Å²) in [6, 6.07) is 5.41. The van der Waals surface area contributed by atoms with Gasteiger partial charge >= 0.3 is 6.03 Å². The molecule has 0 atom stereocenters. The van der Waals surface area contributed by atoms with E-state index in [2.05, 4.69) is 17.2 Å². The first kappa shape index (κ1) is 14.1. The molecule has 1 aromatic carbocycles. The molecule has 4 heteroatoms. The van der Waals surface area contributed by atoms with Crippen LogP contribution in [0, 0.1) is 18.8 Å². The highest BCUT2D eigenvalue weighted by Gasteiger charge is 2.08. The summed E-state index contributed by atoms with van der Waals surface area (Å²) in [5.41, 5.74) is 2.48. The third kappa shape index (κ3) is 3.79. The van der Waals surface area contributed by atoms with Crippen molar-refractivity contribution in [2.45, 2.75) is 13.8 Å². The fourth-order valence-corrected chi connectivity index (χ4v) is 1.33. The summed E-state index contributed by atoms with van der Waals surface area (Å²) in [4.78, 5) is 13.3. The van der Waals surface area contributed by atoms with Crippen molar-refractivity contribution in [1.82, 2.24) is 4.90 Å². The van der Waals surface area contributed by atoms with E-state index in [1.54, 1.807) is 18.0 Å². The van der Waals surface area contributed by atoms with Crippen LogP contribution >= 0.6 is 0 Å². The highest BCUT2D eigenvalue weighted by molar-refractivity contribution is 5.90. The molecular weight excluding hydrogens is 228 g/mol. The van der Waals surface area contributed by atoms with Crippen molar-refractivity contribution in [3.05, 3.63) is 29.3 Å². The van der Waals surface area contributed by atoms with E-state index in [0.717, 1.165) is 16.8 Å². The maximum Gasteiger partial charge on any atom is 0.321 e. The minimum Gasteiger partial charge on any atom is -0.384 e. The molecule has 0 spiro atoms. The molecule has 1 rings (SSSR count). The Balaban J connectivity index is 2.91. The van der Waals surface area contributed by atoms with E-state index in [-0.39, 0.29) is 12.6 Å². The number of carbonyl (C=O) groups excluding carboxylic acids is 1. The number of hydrogen-bond acceptors (Lipinski definition) is 2. The zero-order valence-corrected chi connectivity index (χ0v) is 10.9. The Hall–Kier alpha value is -1.99. The highest BCUT2D eigenvalue weighted by Crippen LogP contribution is 2.16. The summed E-state index contributed by atoms with van der Waals surface area (Å²) in [5.74, 6) is 5.39. The van der Waals surface area contributed by atoms with E-state index in [9.17, 15) is 4.79 Å². The molecule has 0 unspecified atom stereocenters. The number of benzene rings is 1. The van der Waals surface area contributed by atoms with Crippen molar-refractivity contribution in [3.63, 3.8) is 0 Å². The van der Waals surface area contributed by atoms with Gasteiger partial charge in [-0.1, -0.05) is 17.9 Å². The van der Waals surface area contributed by atoms with E-state index >= 15 is 0 Å². The average molecular weight is 246 g/mol. The molecule has 0 aliphatic rings. The first-order chi connectivity index (χ1) is 8.58. The zero-order chi connectivity index (χ0) is 13.5. The standard InChI is InChI=1S/C14H18N2O2/c1-4-16(3)14(18)15-13-10-12(6-5-9-17)8-7-11(13)2/h7-8,10,17H,4,9H2,1-3H3,(H,15,18). The molecule has 0 fully saturated rings. The number of aliphatic hydroxyl groups excluding tert-OH is 1. The zero-order valence-electron chi connectivity index (χ0n) is 10.9. The van der Waals surface area contributed by atoms with Gasteiger partial charge in [-0.15, -0.1) is 0 Å². The van der Waals surface area contributed by atoms with Gasteiger partial charge in [-0.2, -0.15) is 0 Å². The highest BCUT2D eigenvalue weighted by atomic mass is 16.2. The lowest BCUT2D eigenvalue weighted by Crippen LogP contribution is -2.31. The summed E-state index contributed by atoms with van der Waals surface area (Å²) in [6.45, 7) is 4.31. The van der Waals surface area contributed by atoms with E-state index in [1.165, 1.54) is 0 Å². The lowest BCUT2D eigenvalue weighted by Gasteiger charge is -2.16. The Morgan fingerprint density at radius 2 is 2.22 bits per heavy atom. The van der Waals surface area contributed by atoms with Crippen LogP contribution in [-0.4, -0.2) is 36.2 Å². The van der Waals surface area contributed by atoms with Gasteiger partial charge in [0, 0.05) is 24.8 Å². The number of hydrogen-bond donors (Lipinski definition) is 2. The quantitative estimate of drug-likeness (QED) is 0.782. The predicted octanol–water partition coefficient (Wildman–Crippen LogP) is 1.82. The second kappa shape index (κ2) is 6.67. The minimum absolute atomic E-state index is 0.145. The van der Waals surface area contributed by atoms with Gasteiger partial charge in [0.1, 0.15) is 6.61 Å². The van der Waals surface area contributed by atoms with Gasteiger partial charge in [-0.25, -0.2) is 4.79 Å². The van der Waals surface area contributed by atoms with Gasteiger partial charge in [0.2, 0.25) is 0 Å². The molecule has 0 aliphatic carbocycles. The molecular formula is C14H18N2O2. The van der Waals surface area contributed by atoms with Crippen LogP contribution in [0.5, 0.6) is 0 Å². The molecule has 0 aromatic heterocycles. The molecule has 4 nitrogen and oxygen atoms in total. The molecule has 0 saturated heterocycles. The minimum atomic E-state index is -0.172. The molecule has 0 saturated carbocycles. The van der Waals surface area contributed by atoms with Gasteiger partial charge in [0.25, 0.3) is 0 Å². The maximum atomic E-state index is 11.8. The van der Waals surface area contributed by atoms with Crippen LogP contribution in [0.4, 0.5) is 10.5 Å². The summed E-state index contributed by atoms with van der Waals surface area (Å²) in [7, 11) is 1.74. The van der Waals surface area contributed by atoms with E-state index in [0.29, 0.717) is 6.54 Å². The van der Waals surface area contributed by atoms with Gasteiger partial charge in [-0.05, 0) is 31.5 Å². The van der Waals surface area contributed by atoms with Crippen LogP contribution in [0.15, 0.2) is 18.2 Å². The first-order valence-corrected chi connectivity index (χ1v) is 5.81. The first-order valence-electron chi connectivity index (χ1n) is 5.81. The van der Waals surface area contributed by atoms with Crippen LogP contribution in [-0.2, 0) is 0 Å². The lowest BCUT2D eigenvalue weighted by molar-refractivity contribution is 0.224. The third-order valence-corrected chi connectivity index (χ3v) is 2.61. The number of carbonyl (C=O) groups is 1. The third-order valence-electron chi connectivity index (χ3n) is 2.61. The van der Waals surface area contributed by atoms with Crippen molar-refractivity contribution in [1.29, 1.82) is 0 Å². The smallest absolute Gasteiger partial charge is 0.321 e. The Bertz CT molecular complexity index is 486. The second-order valence-electron chi connectivity index (χ2n) is 3.93. The second-order valence-corrected chi connectivity index (χ2v) is 3.93. The molecule has 96 valence electrons. The number of aliphatic hydroxyl groups is 1. The number of nitrogens with one attached hydrogen (secondary N) is 1. The van der Waals surface area contributed by atoms with Crippen molar-refractivity contribution >= 4 is 11.7 Å². The van der Waals surface area contributed by atoms with Crippen LogP contribution in [0.25, 0.3) is 0 Å². The molecule has 0 heterocycles. The monoisotopic (exact) mass is 246 g/mol. The molecule has 18 heavy (non-hydrogen) atoms. The van der Waals surface area contributed by atoms with Crippen LogP contribution in [0.3, 0.4) is 0 Å². The largest absolute Gasteiger partial charge is 0.384 e. The number of urea groups is 1. The van der Waals surface area contributed by atoms with E-state index < -0.39 is 0 Å². The Labute approximate surface area is 108 Å². The fraction of sp³-hybridized carbons (Fsp3) is 0.357. The SMILES string of the molecule is CCN(C)C(=O)Nc1cc(C#CCO)ccc1C. The molecule has 2 amide bonds. The summed E-state index contributed by atoms with van der Waals surface area (Å²) in [5, 5.41) is 11.5. The Morgan fingerprint density at radius 1 is 1.50 bits per heavy atom. The van der Waals surface area contributed by atoms with E-state index in [1.807, 2.05) is 26.0 Å². The van der Waals surface area contributed by atoms with Crippen LogP contribution in [0.2, 0.25) is 0 Å². The fourth-order valence-electron chi connectivity index (χ4n) is 1.33. The van der Waals surface area contributed by atoms with Crippen LogP contribution < -0.4 is 5.32 Å². The van der Waals surface area contributed by atoms with Crippen molar-refractivity contribution < 1.29 is 9.90 Å². The maximum absolute atomic E-state index is 11.8. The van der Waals surface area contributed by atoms with Gasteiger partial charge in [0.15, 0.2) is 0 Å². The molecule has 1 aromatic rings. The number of amides is 2. The Morgan fingerprint density at radius 3 is 2.83 bits per heavy atom. The van der Waals surface area contributed by atoms with Crippen molar-refractivity contribution in [2.75, 3.05) is 25.5 Å². The molecule has 0 aliphatic heterocycles. The van der Waals surface area contributed by atoms with Gasteiger partial charge < -0.3 is 15.3 Å². The summed E-state index contributed by atoms with van der Waals surface area (Å²) >= 11 is 0. The molecule has 0 radical (unpaired) electrons. The topological polar surface area (TPSA) is 52.6 Å². The normalized spacial score (nSPS) is 9.33. The number of nitrogens with zero attached hydrogens (tertiary/aromatic N) is 1. The number of aryl methyl sites for hydroxylation is 1. The van der Waals surface area contributed by atoms with Crippen LogP contribution in [0.1, 0.15) is 18.1 Å². The predicted molar refractivity (Wildman–Crippen MR) is 72.5 cm³/mol. The van der Waals surface area contributed by atoms with E-state index in [4.69, 9.17) is 5.11 Å². The Kier molecular flexibility index (Phi) is 5.22. The lowest BCUT2D eigenvalue weighted by atomic mass is 10.1. The van der Waals surface area contributed by atoms with Crippen molar-refractivity contribution in [2.24, 2.45) is 0 Å². The summed E-state index contributed by atoms with van der Waals surface area (Å²) in [6.07, 6.45) is 0.